The monoisotopic (exact) mass is 222 g/mol. The summed E-state index contributed by atoms with van der Waals surface area (Å²) in [6, 6.07) is 0. The molecule has 0 heterocycles. The van der Waals surface area contributed by atoms with E-state index < -0.39 is 11.7 Å². The second kappa shape index (κ2) is 6.01. The number of allylic oxidation sites excluding steroid dienone is 8. The van der Waals surface area contributed by atoms with Crippen molar-refractivity contribution in [3.63, 3.8) is 0 Å². The molecule has 0 aliphatic rings. The fraction of sp³-hybridized carbons (Fsp3) is 0.143. The molecule has 0 saturated heterocycles. The van der Waals surface area contributed by atoms with E-state index in [1.165, 1.54) is 12.2 Å². The summed E-state index contributed by atoms with van der Waals surface area (Å²) < 4.78 is 26.8. The van der Waals surface area contributed by atoms with Crippen LogP contribution >= 0.6 is 0 Å². The van der Waals surface area contributed by atoms with Gasteiger partial charge in [-0.3, -0.25) is 0 Å². The molecule has 0 unspecified atom stereocenters. The number of rotatable bonds is 5. The Hall–Kier alpha value is -1.70. The highest BCUT2D eigenvalue weighted by molar-refractivity contribution is 5.51. The van der Waals surface area contributed by atoms with Gasteiger partial charge in [0.05, 0.1) is 0 Å². The van der Waals surface area contributed by atoms with Crippen LogP contribution in [0.2, 0.25) is 0 Å². The van der Waals surface area contributed by atoms with Crippen molar-refractivity contribution in [2.75, 3.05) is 0 Å². The second-order valence-corrected chi connectivity index (χ2v) is 3.63. The van der Waals surface area contributed by atoms with Crippen LogP contribution in [0.15, 0.2) is 72.4 Å². The molecule has 0 bridgehead atoms. The van der Waals surface area contributed by atoms with Gasteiger partial charge in [-0.1, -0.05) is 37.5 Å². The molecular formula is C14H16F2. The van der Waals surface area contributed by atoms with Crippen LogP contribution in [0.4, 0.5) is 8.78 Å². The zero-order valence-corrected chi connectivity index (χ0v) is 9.74. The summed E-state index contributed by atoms with van der Waals surface area (Å²) in [5.74, 6) is -1.27. The van der Waals surface area contributed by atoms with E-state index in [9.17, 15) is 8.78 Å². The normalized spacial score (nSPS) is 12.2. The predicted octanol–water partition coefficient (Wildman–Crippen LogP) is 4.96. The summed E-state index contributed by atoms with van der Waals surface area (Å²) in [4.78, 5) is 0. The van der Waals surface area contributed by atoms with E-state index in [2.05, 4.69) is 26.3 Å². The SMILES string of the molecule is C=C(C)/C=C(/F)C(=C)C(=C)/C(F)=C\C(=C)C. The van der Waals surface area contributed by atoms with Crippen LogP contribution in [-0.2, 0) is 0 Å². The molecule has 0 aromatic carbocycles. The Bertz CT molecular complexity index is 366. The minimum atomic E-state index is -0.636. The molecular weight excluding hydrogens is 206 g/mol. The standard InChI is InChI=1S/C14H16F2/c1-9(2)7-13(15)11(5)12(6)14(16)8-10(3)4/h7-8H,1,3,5-6H2,2,4H3/b13-7+,14-8+. The lowest BCUT2D eigenvalue weighted by Crippen LogP contribution is -1.90. The van der Waals surface area contributed by atoms with Gasteiger partial charge in [0.2, 0.25) is 0 Å². The summed E-state index contributed by atoms with van der Waals surface area (Å²) in [5, 5.41) is 0. The van der Waals surface area contributed by atoms with Gasteiger partial charge in [0, 0.05) is 11.1 Å². The zero-order valence-electron chi connectivity index (χ0n) is 9.74. The topological polar surface area (TPSA) is 0 Å². The number of hydrogen-bond donors (Lipinski definition) is 0. The Morgan fingerprint density at radius 2 is 1.00 bits per heavy atom. The van der Waals surface area contributed by atoms with E-state index in [0.717, 1.165) is 0 Å². The van der Waals surface area contributed by atoms with Gasteiger partial charge in [0.25, 0.3) is 0 Å². The molecule has 0 amide bonds. The fourth-order valence-electron chi connectivity index (χ4n) is 0.895. The highest BCUT2D eigenvalue weighted by Crippen LogP contribution is 2.25. The zero-order chi connectivity index (χ0) is 12.9. The van der Waals surface area contributed by atoms with E-state index in [4.69, 9.17) is 0 Å². The maximum atomic E-state index is 13.4. The van der Waals surface area contributed by atoms with Crippen molar-refractivity contribution in [3.05, 3.63) is 72.4 Å². The molecule has 16 heavy (non-hydrogen) atoms. The molecule has 0 spiro atoms. The van der Waals surface area contributed by atoms with Crippen LogP contribution in [-0.4, -0.2) is 0 Å². The molecule has 0 aromatic heterocycles. The van der Waals surface area contributed by atoms with Crippen molar-refractivity contribution >= 4 is 0 Å². The Kier molecular flexibility index (Phi) is 5.37. The Labute approximate surface area is 95.7 Å². The molecule has 0 saturated carbocycles. The van der Waals surface area contributed by atoms with E-state index in [0.29, 0.717) is 11.1 Å². The van der Waals surface area contributed by atoms with Gasteiger partial charge in [0.15, 0.2) is 0 Å². The average Bonchev–Trinajstić information content (AvgIpc) is 2.13. The van der Waals surface area contributed by atoms with Crippen LogP contribution in [0.25, 0.3) is 0 Å². The maximum absolute atomic E-state index is 13.4. The third kappa shape index (κ3) is 4.69. The molecule has 0 N–H and O–H groups in total. The van der Waals surface area contributed by atoms with E-state index >= 15 is 0 Å². The third-order valence-corrected chi connectivity index (χ3v) is 1.69. The van der Waals surface area contributed by atoms with E-state index in [1.807, 2.05) is 0 Å². The van der Waals surface area contributed by atoms with Gasteiger partial charge in [-0.15, -0.1) is 0 Å². The second-order valence-electron chi connectivity index (χ2n) is 3.63. The highest BCUT2D eigenvalue weighted by Gasteiger charge is 2.10. The van der Waals surface area contributed by atoms with Gasteiger partial charge in [0.1, 0.15) is 11.7 Å². The van der Waals surface area contributed by atoms with Crippen LogP contribution in [0.5, 0.6) is 0 Å². The highest BCUT2D eigenvalue weighted by atomic mass is 19.1. The van der Waals surface area contributed by atoms with Crippen molar-refractivity contribution in [2.24, 2.45) is 0 Å². The Balaban J connectivity index is 4.96. The minimum absolute atomic E-state index is 0.0852. The average molecular weight is 222 g/mol. The number of halogens is 2. The van der Waals surface area contributed by atoms with Crippen LogP contribution in [0.3, 0.4) is 0 Å². The molecule has 0 atom stereocenters. The lowest BCUT2D eigenvalue weighted by atomic mass is 10.0. The predicted molar refractivity (Wildman–Crippen MR) is 66.3 cm³/mol. The third-order valence-electron chi connectivity index (χ3n) is 1.69. The summed E-state index contributed by atoms with van der Waals surface area (Å²) in [5.41, 5.74) is 0.877. The van der Waals surface area contributed by atoms with E-state index in [-0.39, 0.29) is 11.1 Å². The minimum Gasteiger partial charge on any atom is -0.206 e. The molecule has 2 heteroatoms. The van der Waals surface area contributed by atoms with Crippen molar-refractivity contribution in [3.8, 4) is 0 Å². The molecule has 0 nitrogen and oxygen atoms in total. The molecule has 86 valence electrons. The fourth-order valence-corrected chi connectivity index (χ4v) is 0.895. The largest absolute Gasteiger partial charge is 0.206 e. The van der Waals surface area contributed by atoms with Crippen LogP contribution in [0.1, 0.15) is 13.8 Å². The van der Waals surface area contributed by atoms with Crippen LogP contribution < -0.4 is 0 Å². The molecule has 0 aliphatic heterocycles. The molecule has 0 aromatic rings. The molecule has 0 fully saturated rings. The smallest absolute Gasteiger partial charge is 0.130 e. The van der Waals surface area contributed by atoms with Crippen molar-refractivity contribution < 1.29 is 8.78 Å². The molecule has 0 radical (unpaired) electrons. The molecule has 0 rings (SSSR count). The quantitative estimate of drug-likeness (QED) is 0.577. The lowest BCUT2D eigenvalue weighted by molar-refractivity contribution is 0.630. The van der Waals surface area contributed by atoms with Gasteiger partial charge in [-0.05, 0) is 26.0 Å². The van der Waals surface area contributed by atoms with Gasteiger partial charge in [-0.25, -0.2) is 8.78 Å². The van der Waals surface area contributed by atoms with E-state index in [1.54, 1.807) is 13.8 Å². The van der Waals surface area contributed by atoms with Gasteiger partial charge < -0.3 is 0 Å². The maximum Gasteiger partial charge on any atom is 0.130 e. The first-order valence-corrected chi connectivity index (χ1v) is 4.70. The van der Waals surface area contributed by atoms with Gasteiger partial charge >= 0.3 is 0 Å². The summed E-state index contributed by atoms with van der Waals surface area (Å²) in [6.45, 7) is 17.2. The Morgan fingerprint density at radius 3 is 1.19 bits per heavy atom. The first-order chi connectivity index (χ1) is 7.25. The van der Waals surface area contributed by atoms with Crippen LogP contribution in [0, 0.1) is 0 Å². The number of hydrogen-bond acceptors (Lipinski definition) is 0. The lowest BCUT2D eigenvalue weighted by Gasteiger charge is -2.05. The Morgan fingerprint density at radius 1 is 0.750 bits per heavy atom. The summed E-state index contributed by atoms with van der Waals surface area (Å²) in [7, 11) is 0. The summed E-state index contributed by atoms with van der Waals surface area (Å²) in [6.07, 6.45) is 2.36. The molecule has 0 aliphatic carbocycles. The summed E-state index contributed by atoms with van der Waals surface area (Å²) >= 11 is 0. The first kappa shape index (κ1) is 14.3. The van der Waals surface area contributed by atoms with Crippen molar-refractivity contribution in [2.45, 2.75) is 13.8 Å². The van der Waals surface area contributed by atoms with Crippen molar-refractivity contribution in [1.29, 1.82) is 0 Å². The van der Waals surface area contributed by atoms with Crippen molar-refractivity contribution in [1.82, 2.24) is 0 Å². The first-order valence-electron chi connectivity index (χ1n) is 4.70. The van der Waals surface area contributed by atoms with Gasteiger partial charge in [-0.2, -0.15) is 0 Å².